The first-order valence-electron chi connectivity index (χ1n) is 13.2. The van der Waals surface area contributed by atoms with Gasteiger partial charge in [-0.1, -0.05) is 20.8 Å². The van der Waals surface area contributed by atoms with Crippen molar-refractivity contribution in [1.29, 1.82) is 0 Å². The normalized spacial score (nSPS) is 42.3. The molecule has 10 heteroatoms. The highest BCUT2D eigenvalue weighted by Crippen LogP contribution is 2.70. The second kappa shape index (κ2) is 8.36. The third-order valence-corrected chi connectivity index (χ3v) is 12.4. The lowest BCUT2D eigenvalue weighted by molar-refractivity contribution is -0.183. The van der Waals surface area contributed by atoms with E-state index in [1.54, 1.807) is 6.92 Å². The minimum absolute atomic E-state index is 0.0325. The first-order valence-corrected chi connectivity index (χ1v) is 14.8. The molecule has 5 rings (SSSR count). The van der Waals surface area contributed by atoms with Gasteiger partial charge in [0.05, 0.1) is 36.7 Å². The zero-order valence-corrected chi connectivity index (χ0v) is 22.2. The maximum absolute atomic E-state index is 13.7. The van der Waals surface area contributed by atoms with Crippen molar-refractivity contribution in [1.82, 2.24) is 4.31 Å². The third kappa shape index (κ3) is 3.73. The topological polar surface area (TPSA) is 123 Å². The molecule has 9 nitrogen and oxygen atoms in total. The summed E-state index contributed by atoms with van der Waals surface area (Å²) in [7, 11) is -3.84. The van der Waals surface area contributed by atoms with Crippen LogP contribution < -0.4 is 0 Å². The summed E-state index contributed by atoms with van der Waals surface area (Å²) in [5.41, 5.74) is -3.04. The van der Waals surface area contributed by atoms with E-state index in [-0.39, 0.29) is 17.5 Å². The predicted octanol–water partition coefficient (Wildman–Crippen LogP) is 1.95. The fourth-order valence-corrected chi connectivity index (χ4v) is 10.5. The fourth-order valence-electron chi connectivity index (χ4n) is 7.94. The van der Waals surface area contributed by atoms with E-state index in [0.717, 1.165) is 17.1 Å². The Hall–Kier alpha value is -0.780. The molecular formula is C25H41NO8S. The molecule has 200 valence electrons. The Morgan fingerprint density at radius 1 is 1.20 bits per heavy atom. The Bertz CT molecular complexity index is 961. The molecule has 0 radical (unpaired) electrons. The average molecular weight is 516 g/mol. The van der Waals surface area contributed by atoms with E-state index >= 15 is 0 Å². The average Bonchev–Trinajstić information content (AvgIpc) is 3.58. The molecule has 3 heterocycles. The summed E-state index contributed by atoms with van der Waals surface area (Å²) in [5, 5.41) is 22.5. The van der Waals surface area contributed by atoms with Gasteiger partial charge in [0, 0.05) is 11.8 Å². The van der Waals surface area contributed by atoms with Crippen molar-refractivity contribution >= 4 is 15.9 Å². The highest BCUT2D eigenvalue weighted by atomic mass is 32.2. The van der Waals surface area contributed by atoms with Gasteiger partial charge in [0.15, 0.2) is 12.4 Å². The van der Waals surface area contributed by atoms with Crippen LogP contribution in [0.2, 0.25) is 0 Å². The Morgan fingerprint density at radius 3 is 2.51 bits per heavy atom. The Balaban J connectivity index is 1.33. The summed E-state index contributed by atoms with van der Waals surface area (Å²) in [5.74, 6) is -0.425. The number of hydrogen-bond acceptors (Lipinski definition) is 8. The van der Waals surface area contributed by atoms with Crippen molar-refractivity contribution in [2.24, 2.45) is 16.7 Å². The molecule has 2 bridgehead atoms. The van der Waals surface area contributed by atoms with Gasteiger partial charge in [0.25, 0.3) is 5.91 Å². The summed E-state index contributed by atoms with van der Waals surface area (Å²) in [6.07, 6.45) is 1.96. The van der Waals surface area contributed by atoms with E-state index < -0.39 is 50.8 Å². The predicted molar refractivity (Wildman–Crippen MR) is 127 cm³/mol. The Morgan fingerprint density at radius 2 is 1.89 bits per heavy atom. The molecule has 2 N–H and O–H groups in total. The van der Waals surface area contributed by atoms with Crippen LogP contribution in [0, 0.1) is 16.7 Å². The Kier molecular flexibility index (Phi) is 6.18. The lowest BCUT2D eigenvalue weighted by Gasteiger charge is -2.39. The smallest absolute Gasteiger partial charge is 0.268 e. The van der Waals surface area contributed by atoms with E-state index in [1.165, 1.54) is 0 Å². The van der Waals surface area contributed by atoms with Crippen LogP contribution in [-0.2, 0) is 29.0 Å². The number of aliphatic hydroxyl groups is 2. The number of rotatable bonds is 7. The number of carbonyl (C=O) groups excluding carboxylic acids is 1. The minimum Gasteiger partial charge on any atom is -0.387 e. The molecule has 0 aromatic carbocycles. The number of sulfonamides is 1. The number of nitrogens with zero attached hydrogens (tertiary/aromatic N) is 1. The van der Waals surface area contributed by atoms with Gasteiger partial charge in [-0.15, -0.1) is 0 Å². The van der Waals surface area contributed by atoms with Crippen molar-refractivity contribution in [2.45, 2.75) is 115 Å². The SMILES string of the molecule is CC[C@@]1([C@H](O)C(=O)N2C3C[C@@H]4CC[C@@]3(CS2(=O)=O)C4(C)C)CC[C@H]([C@@](C)(O)CCC2OCCO2)O1. The number of fused-ring (bicyclic) bond motifs is 1. The molecule has 5 fully saturated rings. The van der Waals surface area contributed by atoms with E-state index in [4.69, 9.17) is 14.2 Å². The zero-order valence-electron chi connectivity index (χ0n) is 21.4. The van der Waals surface area contributed by atoms with Crippen molar-refractivity contribution in [3.05, 3.63) is 0 Å². The molecule has 1 spiro atoms. The summed E-state index contributed by atoms with van der Waals surface area (Å²) in [4.78, 5) is 13.7. The molecule has 3 aliphatic heterocycles. The van der Waals surface area contributed by atoms with E-state index in [0.29, 0.717) is 57.7 Å². The number of carbonyl (C=O) groups is 1. The third-order valence-electron chi connectivity index (χ3n) is 10.4. The van der Waals surface area contributed by atoms with Crippen LogP contribution in [0.5, 0.6) is 0 Å². The molecule has 1 amide bonds. The molecule has 35 heavy (non-hydrogen) atoms. The van der Waals surface area contributed by atoms with Crippen LogP contribution in [0.15, 0.2) is 0 Å². The first kappa shape index (κ1) is 25.9. The van der Waals surface area contributed by atoms with Crippen LogP contribution >= 0.6 is 0 Å². The number of amides is 1. The number of aliphatic hydroxyl groups excluding tert-OH is 1. The van der Waals surface area contributed by atoms with Gasteiger partial charge in [0.2, 0.25) is 10.0 Å². The minimum atomic E-state index is -3.84. The summed E-state index contributed by atoms with van der Waals surface area (Å²) < 4.78 is 44.9. The van der Waals surface area contributed by atoms with Crippen molar-refractivity contribution < 1.29 is 37.6 Å². The van der Waals surface area contributed by atoms with Gasteiger partial charge in [-0.3, -0.25) is 4.79 Å². The number of ether oxygens (including phenoxy) is 3. The summed E-state index contributed by atoms with van der Waals surface area (Å²) in [6, 6.07) is -0.399. The Labute approximate surface area is 208 Å². The quantitative estimate of drug-likeness (QED) is 0.528. The monoisotopic (exact) mass is 515 g/mol. The molecule has 0 aromatic heterocycles. The van der Waals surface area contributed by atoms with Crippen LogP contribution in [0.3, 0.4) is 0 Å². The van der Waals surface area contributed by atoms with Crippen LogP contribution in [-0.4, -0.2) is 83.6 Å². The van der Waals surface area contributed by atoms with Crippen molar-refractivity contribution in [3.8, 4) is 0 Å². The fraction of sp³-hybridized carbons (Fsp3) is 0.960. The summed E-state index contributed by atoms with van der Waals surface area (Å²) >= 11 is 0. The van der Waals surface area contributed by atoms with Crippen LogP contribution in [0.1, 0.15) is 79.1 Å². The lowest BCUT2D eigenvalue weighted by atomic mass is 9.69. The largest absolute Gasteiger partial charge is 0.387 e. The molecule has 7 atom stereocenters. The van der Waals surface area contributed by atoms with E-state index in [1.807, 2.05) is 6.92 Å². The second-order valence-corrected chi connectivity index (χ2v) is 14.1. The van der Waals surface area contributed by atoms with Crippen LogP contribution in [0.25, 0.3) is 0 Å². The van der Waals surface area contributed by atoms with Gasteiger partial charge >= 0.3 is 0 Å². The molecule has 3 saturated heterocycles. The van der Waals surface area contributed by atoms with Gasteiger partial charge in [0.1, 0.15) is 5.60 Å². The van der Waals surface area contributed by atoms with Crippen molar-refractivity contribution in [2.75, 3.05) is 19.0 Å². The van der Waals surface area contributed by atoms with E-state index in [9.17, 15) is 23.4 Å². The maximum Gasteiger partial charge on any atom is 0.268 e. The molecule has 2 saturated carbocycles. The van der Waals surface area contributed by atoms with Crippen LogP contribution in [0.4, 0.5) is 0 Å². The molecule has 1 unspecified atom stereocenters. The number of hydrogen-bond donors (Lipinski definition) is 2. The highest BCUT2D eigenvalue weighted by molar-refractivity contribution is 7.90. The molecule has 5 aliphatic rings. The van der Waals surface area contributed by atoms with Gasteiger partial charge in [-0.05, 0) is 63.2 Å². The standard InChI is InChI=1S/C25H41NO8S/c1-5-25(11-7-18(34-25)23(4,29)9-8-19-32-12-13-33-19)20(27)21(28)26-17-14-16-6-10-24(17,22(16,2)3)15-35(26,30)31/h16-20,27,29H,5-15H2,1-4H3/t16-,17?,18+,20+,23-,24-,25-/m0/s1. The summed E-state index contributed by atoms with van der Waals surface area (Å²) in [6.45, 7) is 8.87. The van der Waals surface area contributed by atoms with Crippen molar-refractivity contribution in [3.63, 3.8) is 0 Å². The lowest BCUT2D eigenvalue weighted by Crippen LogP contribution is -2.56. The molecular weight excluding hydrogens is 474 g/mol. The first-order chi connectivity index (χ1) is 16.3. The highest BCUT2D eigenvalue weighted by Gasteiger charge is 2.73. The maximum atomic E-state index is 13.7. The molecule has 0 aromatic rings. The zero-order chi connectivity index (χ0) is 25.4. The van der Waals surface area contributed by atoms with Gasteiger partial charge < -0.3 is 24.4 Å². The van der Waals surface area contributed by atoms with E-state index in [2.05, 4.69) is 13.8 Å². The second-order valence-electron chi connectivity index (χ2n) is 12.3. The molecule has 2 aliphatic carbocycles. The van der Waals surface area contributed by atoms with Gasteiger partial charge in [-0.2, -0.15) is 0 Å². The van der Waals surface area contributed by atoms with Gasteiger partial charge in [-0.25, -0.2) is 12.7 Å².